The molecule has 3 amide bonds. The van der Waals surface area contributed by atoms with Gasteiger partial charge in [0.2, 0.25) is 0 Å². The van der Waals surface area contributed by atoms with Gasteiger partial charge in [-0.3, -0.25) is 4.79 Å². The zero-order valence-electron chi connectivity index (χ0n) is 16.1. The van der Waals surface area contributed by atoms with Crippen molar-refractivity contribution >= 4 is 33.6 Å². The van der Waals surface area contributed by atoms with E-state index in [0.717, 1.165) is 15.7 Å². The van der Waals surface area contributed by atoms with Crippen LogP contribution in [-0.4, -0.2) is 27.8 Å². The van der Waals surface area contributed by atoms with Crippen molar-refractivity contribution in [3.63, 3.8) is 0 Å². The number of amides is 3. The van der Waals surface area contributed by atoms with Crippen molar-refractivity contribution in [1.82, 2.24) is 20.4 Å². The number of carbonyl (C=O) groups excluding carboxylic acids is 2. The molecule has 0 atom stereocenters. The fourth-order valence-corrected chi connectivity index (χ4v) is 2.91. The Morgan fingerprint density at radius 2 is 1.76 bits per heavy atom. The molecule has 3 N–H and O–H groups in total. The summed E-state index contributed by atoms with van der Waals surface area (Å²) in [5.41, 5.74) is 3.07. The highest BCUT2D eigenvalue weighted by atomic mass is 79.9. The molecule has 0 aliphatic rings. The van der Waals surface area contributed by atoms with E-state index in [-0.39, 0.29) is 18.0 Å². The first kappa shape index (κ1) is 20.6. The molecule has 150 valence electrons. The normalized spacial score (nSPS) is 10.6. The van der Waals surface area contributed by atoms with E-state index >= 15 is 0 Å². The third-order valence-electron chi connectivity index (χ3n) is 4.03. The maximum Gasteiger partial charge on any atom is 0.319 e. The number of halogens is 1. The van der Waals surface area contributed by atoms with Crippen LogP contribution in [0.5, 0.6) is 0 Å². The highest BCUT2D eigenvalue weighted by molar-refractivity contribution is 9.10. The fraction of sp³-hybridized carbons (Fsp3) is 0.190. The van der Waals surface area contributed by atoms with Crippen molar-refractivity contribution in [3.05, 3.63) is 76.5 Å². The summed E-state index contributed by atoms with van der Waals surface area (Å²) in [5.74, 6) is -0.156. The first-order valence-electron chi connectivity index (χ1n) is 9.16. The van der Waals surface area contributed by atoms with Crippen molar-refractivity contribution < 1.29 is 9.59 Å². The van der Waals surface area contributed by atoms with Gasteiger partial charge in [-0.15, -0.1) is 0 Å². The van der Waals surface area contributed by atoms with E-state index < -0.39 is 0 Å². The Morgan fingerprint density at radius 1 is 1.07 bits per heavy atom. The molecule has 0 saturated carbocycles. The summed E-state index contributed by atoms with van der Waals surface area (Å²) < 4.78 is 2.61. The smallest absolute Gasteiger partial charge is 0.319 e. The van der Waals surface area contributed by atoms with E-state index in [1.54, 1.807) is 35.1 Å². The van der Waals surface area contributed by atoms with Gasteiger partial charge in [0.15, 0.2) is 0 Å². The van der Waals surface area contributed by atoms with Crippen molar-refractivity contribution in [3.8, 4) is 5.69 Å². The van der Waals surface area contributed by atoms with Crippen LogP contribution in [-0.2, 0) is 6.54 Å². The minimum atomic E-state index is -0.244. The lowest BCUT2D eigenvalue weighted by Gasteiger charge is -2.11. The van der Waals surface area contributed by atoms with Crippen molar-refractivity contribution in [2.75, 3.05) is 5.32 Å². The predicted octanol–water partition coefficient (Wildman–Crippen LogP) is 4.09. The number of anilines is 1. The van der Waals surface area contributed by atoms with Crippen LogP contribution in [0.4, 0.5) is 10.5 Å². The number of benzene rings is 2. The second-order valence-corrected chi connectivity index (χ2v) is 7.70. The lowest BCUT2D eigenvalue weighted by atomic mass is 10.1. The van der Waals surface area contributed by atoms with Crippen LogP contribution >= 0.6 is 15.9 Å². The van der Waals surface area contributed by atoms with Crippen molar-refractivity contribution in [1.29, 1.82) is 0 Å². The van der Waals surface area contributed by atoms with E-state index in [4.69, 9.17) is 0 Å². The van der Waals surface area contributed by atoms with E-state index in [1.807, 2.05) is 44.3 Å². The molecule has 0 aliphatic heterocycles. The summed E-state index contributed by atoms with van der Waals surface area (Å²) >= 11 is 3.36. The largest absolute Gasteiger partial charge is 0.348 e. The number of hydrogen-bond donors (Lipinski definition) is 3. The molecule has 3 rings (SSSR count). The summed E-state index contributed by atoms with van der Waals surface area (Å²) in [5, 5.41) is 12.6. The number of urea groups is 1. The van der Waals surface area contributed by atoms with Gasteiger partial charge in [0.1, 0.15) is 0 Å². The summed E-state index contributed by atoms with van der Waals surface area (Å²) in [6.45, 7) is 4.19. The summed E-state index contributed by atoms with van der Waals surface area (Å²) in [6, 6.07) is 14.4. The third kappa shape index (κ3) is 5.92. The van der Waals surface area contributed by atoms with Gasteiger partial charge in [0, 0.05) is 30.0 Å². The number of aromatic nitrogens is 2. The molecule has 3 aromatic rings. The quantitative estimate of drug-likeness (QED) is 0.522. The van der Waals surface area contributed by atoms with Gasteiger partial charge in [-0.05, 0) is 71.7 Å². The van der Waals surface area contributed by atoms with E-state index in [2.05, 4.69) is 37.0 Å². The molecule has 0 aliphatic carbocycles. The lowest BCUT2D eigenvalue weighted by Crippen LogP contribution is -2.34. The van der Waals surface area contributed by atoms with Crippen LogP contribution in [0.15, 0.2) is 65.4 Å². The molecule has 8 heteroatoms. The molecule has 0 spiro atoms. The van der Waals surface area contributed by atoms with Gasteiger partial charge in [-0.1, -0.05) is 12.1 Å². The standard InChI is InChI=1S/C21H22BrN5O2/c1-14(2)25-21(29)26-18-7-3-15(4-8-18)11-23-20(28)16-5-9-19(10-6-16)27-13-17(22)12-24-27/h3-10,12-14H,11H2,1-2H3,(H,23,28)(H2,25,26,29). The number of rotatable bonds is 6. The van der Waals surface area contributed by atoms with Crippen LogP contribution in [0.3, 0.4) is 0 Å². The Labute approximate surface area is 177 Å². The van der Waals surface area contributed by atoms with Crippen LogP contribution < -0.4 is 16.0 Å². The minimum absolute atomic E-state index is 0.0694. The van der Waals surface area contributed by atoms with E-state index in [1.165, 1.54) is 0 Å². The molecular weight excluding hydrogens is 434 g/mol. The van der Waals surface area contributed by atoms with Crippen molar-refractivity contribution in [2.24, 2.45) is 0 Å². The molecule has 0 radical (unpaired) electrons. The second-order valence-electron chi connectivity index (χ2n) is 6.78. The first-order chi connectivity index (χ1) is 13.9. The SMILES string of the molecule is CC(C)NC(=O)Nc1ccc(CNC(=O)c2ccc(-n3cc(Br)cn3)cc2)cc1. The van der Waals surface area contributed by atoms with Gasteiger partial charge in [-0.2, -0.15) is 5.10 Å². The lowest BCUT2D eigenvalue weighted by molar-refractivity contribution is 0.0951. The highest BCUT2D eigenvalue weighted by Gasteiger charge is 2.07. The number of nitrogens with one attached hydrogen (secondary N) is 3. The number of nitrogens with zero attached hydrogens (tertiary/aromatic N) is 2. The Balaban J connectivity index is 1.53. The van der Waals surface area contributed by atoms with Gasteiger partial charge >= 0.3 is 6.03 Å². The molecule has 1 aromatic heterocycles. The monoisotopic (exact) mass is 455 g/mol. The van der Waals surface area contributed by atoms with Gasteiger partial charge in [0.05, 0.1) is 16.4 Å². The molecule has 0 unspecified atom stereocenters. The summed E-state index contributed by atoms with van der Waals surface area (Å²) in [4.78, 5) is 24.1. The molecular formula is C21H22BrN5O2. The Kier molecular flexibility index (Phi) is 6.66. The topological polar surface area (TPSA) is 88.0 Å². The van der Waals surface area contributed by atoms with E-state index in [9.17, 15) is 9.59 Å². The molecule has 7 nitrogen and oxygen atoms in total. The van der Waals surface area contributed by atoms with Gasteiger partial charge in [0.25, 0.3) is 5.91 Å². The van der Waals surface area contributed by atoms with E-state index in [0.29, 0.717) is 17.8 Å². The predicted molar refractivity (Wildman–Crippen MR) is 116 cm³/mol. The molecule has 2 aromatic carbocycles. The van der Waals surface area contributed by atoms with Crippen molar-refractivity contribution in [2.45, 2.75) is 26.4 Å². The average molecular weight is 456 g/mol. The molecule has 0 fully saturated rings. The zero-order valence-corrected chi connectivity index (χ0v) is 17.7. The number of hydrogen-bond acceptors (Lipinski definition) is 3. The second kappa shape index (κ2) is 9.38. The maximum absolute atomic E-state index is 12.4. The van der Waals surface area contributed by atoms with Crippen LogP contribution in [0, 0.1) is 0 Å². The Morgan fingerprint density at radius 3 is 2.34 bits per heavy atom. The first-order valence-corrected chi connectivity index (χ1v) is 9.95. The third-order valence-corrected chi connectivity index (χ3v) is 4.44. The number of carbonyl (C=O) groups is 2. The molecule has 0 saturated heterocycles. The van der Waals surface area contributed by atoms with Crippen LogP contribution in [0.2, 0.25) is 0 Å². The minimum Gasteiger partial charge on any atom is -0.348 e. The average Bonchev–Trinajstić information content (AvgIpc) is 3.13. The Bertz CT molecular complexity index is 981. The fourth-order valence-electron chi connectivity index (χ4n) is 2.63. The highest BCUT2D eigenvalue weighted by Crippen LogP contribution is 2.14. The van der Waals surface area contributed by atoms with Crippen LogP contribution in [0.1, 0.15) is 29.8 Å². The summed E-state index contributed by atoms with van der Waals surface area (Å²) in [7, 11) is 0. The molecule has 0 bridgehead atoms. The maximum atomic E-state index is 12.4. The molecule has 29 heavy (non-hydrogen) atoms. The Hall–Kier alpha value is -3.13. The van der Waals surface area contributed by atoms with Gasteiger partial charge in [-0.25, -0.2) is 9.48 Å². The van der Waals surface area contributed by atoms with Crippen LogP contribution in [0.25, 0.3) is 5.69 Å². The van der Waals surface area contributed by atoms with Gasteiger partial charge < -0.3 is 16.0 Å². The summed E-state index contributed by atoms with van der Waals surface area (Å²) in [6.07, 6.45) is 3.55. The molecule has 1 heterocycles. The zero-order chi connectivity index (χ0) is 20.8.